The van der Waals surface area contributed by atoms with Crippen molar-refractivity contribution in [3.63, 3.8) is 0 Å². The average Bonchev–Trinajstić information content (AvgIpc) is 2.45. The molecule has 1 aromatic carbocycles. The molecule has 0 saturated heterocycles. The molecule has 1 nitrogen and oxygen atoms in total. The van der Waals surface area contributed by atoms with Gasteiger partial charge in [-0.15, -0.1) is 0 Å². The van der Waals surface area contributed by atoms with E-state index in [1.807, 2.05) is 6.07 Å². The fourth-order valence-corrected chi connectivity index (χ4v) is 5.24. The van der Waals surface area contributed by atoms with Gasteiger partial charge < -0.3 is 0 Å². The van der Waals surface area contributed by atoms with Crippen molar-refractivity contribution in [3.05, 3.63) is 39.5 Å². The predicted octanol–water partition coefficient (Wildman–Crippen LogP) is 4.50. The van der Waals surface area contributed by atoms with Crippen molar-refractivity contribution < 1.29 is 5.11 Å². The molecule has 0 heterocycles. The van der Waals surface area contributed by atoms with Gasteiger partial charge in [-0.3, -0.25) is 0 Å². The van der Waals surface area contributed by atoms with Crippen LogP contribution in [0.4, 0.5) is 0 Å². The van der Waals surface area contributed by atoms with Crippen molar-refractivity contribution in [3.8, 4) is 0 Å². The number of rotatable bonds is 9. The number of aliphatic hydroxyl groups excluding tert-OH is 1. The maximum atomic E-state index is 10.4. The molecule has 0 saturated carbocycles. The summed E-state index contributed by atoms with van der Waals surface area (Å²) in [7, 11) is 0. The minimum atomic E-state index is -0.210. The summed E-state index contributed by atoms with van der Waals surface area (Å²) in [5.41, 5.74) is 1.23. The van der Waals surface area contributed by atoms with E-state index < -0.39 is 0 Å². The molecule has 0 amide bonds. The third-order valence-corrected chi connectivity index (χ3v) is 6.51. The van der Waals surface area contributed by atoms with E-state index >= 15 is 0 Å². The van der Waals surface area contributed by atoms with Gasteiger partial charge in [-0.1, -0.05) is 0 Å². The Balaban J connectivity index is 2.70. The van der Waals surface area contributed by atoms with E-state index in [9.17, 15) is 5.11 Å². The molecule has 1 unspecified atom stereocenters. The van der Waals surface area contributed by atoms with Crippen LogP contribution < -0.4 is 0 Å². The molecule has 1 N–H and O–H groups in total. The topological polar surface area (TPSA) is 20.2 Å². The van der Waals surface area contributed by atoms with E-state index in [4.69, 9.17) is 0 Å². The van der Waals surface area contributed by atoms with Crippen molar-refractivity contribution in [2.75, 3.05) is 0 Å². The van der Waals surface area contributed by atoms with Crippen molar-refractivity contribution in [1.82, 2.24) is 0 Å². The number of hydrogen-bond donors (Lipinski definition) is 1. The Morgan fingerprint density at radius 3 is 2.47 bits per heavy atom. The van der Waals surface area contributed by atoms with E-state index in [0.717, 1.165) is 19.3 Å². The van der Waals surface area contributed by atoms with Crippen LogP contribution in [0.3, 0.4) is 0 Å². The first-order valence-corrected chi connectivity index (χ1v) is 10.2. The first kappa shape index (κ1) is 16.8. The van der Waals surface area contributed by atoms with Crippen LogP contribution in [0.25, 0.3) is 6.08 Å². The summed E-state index contributed by atoms with van der Waals surface area (Å²) in [6, 6.07) is 10.4. The quantitative estimate of drug-likeness (QED) is 0.499. The molecular formula is C17H26OTe. The molecule has 19 heavy (non-hydrogen) atoms. The van der Waals surface area contributed by atoms with Crippen molar-refractivity contribution in [2.45, 2.75) is 56.5 Å². The van der Waals surface area contributed by atoms with Crippen molar-refractivity contribution in [1.29, 1.82) is 0 Å². The first-order chi connectivity index (χ1) is 9.27. The van der Waals surface area contributed by atoms with Gasteiger partial charge >= 0.3 is 128 Å². The van der Waals surface area contributed by atoms with Crippen LogP contribution >= 0.6 is 0 Å². The Morgan fingerprint density at radius 2 is 1.84 bits per heavy atom. The van der Waals surface area contributed by atoms with E-state index in [2.05, 4.69) is 44.2 Å². The average molecular weight is 374 g/mol. The standard InChI is InChI=1S/C17H26OTe/c1-3-5-12-16(18)17(19-13-6-4-2)14-15-10-8-7-9-11-15/h7-11,14,16,18H,3-6,12-13H2,1-2H3/b17-14-. The first-order valence-electron chi connectivity index (χ1n) is 7.35. The summed E-state index contributed by atoms with van der Waals surface area (Å²) < 4.78 is 2.64. The number of hydrogen-bond acceptors (Lipinski definition) is 1. The molecule has 1 rings (SSSR count). The molecule has 2 heteroatoms. The van der Waals surface area contributed by atoms with Gasteiger partial charge in [0.1, 0.15) is 0 Å². The molecule has 0 bridgehead atoms. The maximum absolute atomic E-state index is 10.4. The van der Waals surface area contributed by atoms with E-state index in [1.54, 1.807) is 0 Å². The Bertz CT molecular complexity index is 359. The zero-order chi connectivity index (χ0) is 13.9. The van der Waals surface area contributed by atoms with Crippen LogP contribution in [0, 0.1) is 0 Å². The molecule has 1 atom stereocenters. The SMILES string of the molecule is CCCC[Te]/C(=C\c1ccccc1)C(O)CCCC. The monoisotopic (exact) mass is 376 g/mol. The summed E-state index contributed by atoms with van der Waals surface area (Å²) in [5, 5.41) is 10.4. The summed E-state index contributed by atoms with van der Waals surface area (Å²) in [5.74, 6) is 0. The molecule has 0 radical (unpaired) electrons. The Labute approximate surface area is 128 Å². The van der Waals surface area contributed by atoms with Gasteiger partial charge in [0.2, 0.25) is 0 Å². The van der Waals surface area contributed by atoms with Gasteiger partial charge in [0.15, 0.2) is 0 Å². The van der Waals surface area contributed by atoms with Crippen LogP contribution in [0.1, 0.15) is 51.5 Å². The van der Waals surface area contributed by atoms with Crippen LogP contribution in [0.2, 0.25) is 4.47 Å². The van der Waals surface area contributed by atoms with Gasteiger partial charge in [0, 0.05) is 0 Å². The molecule has 0 spiro atoms. The van der Waals surface area contributed by atoms with Gasteiger partial charge in [-0.05, 0) is 0 Å². The van der Waals surface area contributed by atoms with Crippen LogP contribution in [-0.4, -0.2) is 32.1 Å². The minimum absolute atomic E-state index is 0.209. The summed E-state index contributed by atoms with van der Waals surface area (Å²) in [4.78, 5) is 0. The number of benzene rings is 1. The predicted molar refractivity (Wildman–Crippen MR) is 85.4 cm³/mol. The van der Waals surface area contributed by atoms with Crippen molar-refractivity contribution in [2.24, 2.45) is 0 Å². The fourth-order valence-electron chi connectivity index (χ4n) is 1.82. The molecule has 0 aromatic heterocycles. The van der Waals surface area contributed by atoms with Gasteiger partial charge in [0.25, 0.3) is 0 Å². The second-order valence-electron chi connectivity index (χ2n) is 4.82. The molecule has 0 aliphatic rings. The Kier molecular flexibility index (Phi) is 9.26. The van der Waals surface area contributed by atoms with Crippen molar-refractivity contribution >= 4 is 27.0 Å². The molecule has 0 fully saturated rings. The second-order valence-corrected chi connectivity index (χ2v) is 8.15. The Morgan fingerprint density at radius 1 is 1.16 bits per heavy atom. The molecule has 0 aliphatic heterocycles. The zero-order valence-corrected chi connectivity index (χ0v) is 14.5. The van der Waals surface area contributed by atoms with Gasteiger partial charge in [-0.2, -0.15) is 0 Å². The molecule has 1 aromatic rings. The van der Waals surface area contributed by atoms with Crippen LogP contribution in [-0.2, 0) is 0 Å². The summed E-state index contributed by atoms with van der Waals surface area (Å²) in [6.07, 6.45) is 7.78. The molecule has 0 aliphatic carbocycles. The van der Waals surface area contributed by atoms with E-state index in [1.165, 1.54) is 26.5 Å². The van der Waals surface area contributed by atoms with Crippen LogP contribution in [0.15, 0.2) is 34.0 Å². The van der Waals surface area contributed by atoms with E-state index in [-0.39, 0.29) is 27.0 Å². The number of aliphatic hydroxyl groups is 1. The third-order valence-electron chi connectivity index (χ3n) is 3.03. The zero-order valence-electron chi connectivity index (χ0n) is 12.1. The molecular weight excluding hydrogens is 348 g/mol. The number of unbranched alkanes of at least 4 members (excludes halogenated alkanes) is 2. The van der Waals surface area contributed by atoms with Crippen LogP contribution in [0.5, 0.6) is 0 Å². The van der Waals surface area contributed by atoms with Gasteiger partial charge in [0.05, 0.1) is 0 Å². The third kappa shape index (κ3) is 7.16. The second kappa shape index (κ2) is 10.5. The molecule has 106 valence electrons. The van der Waals surface area contributed by atoms with Gasteiger partial charge in [-0.25, -0.2) is 0 Å². The van der Waals surface area contributed by atoms with E-state index in [0.29, 0.717) is 0 Å². The summed E-state index contributed by atoms with van der Waals surface area (Å²) in [6.45, 7) is 4.42. The Hall–Kier alpha value is -0.290. The normalized spacial score (nSPS) is 13.5. The fraction of sp³-hybridized carbons (Fsp3) is 0.529. The summed E-state index contributed by atoms with van der Waals surface area (Å²) >= 11 is -0.210.